The second-order valence-electron chi connectivity index (χ2n) is 5.14. The summed E-state index contributed by atoms with van der Waals surface area (Å²) in [6, 6.07) is 12.2. The summed E-state index contributed by atoms with van der Waals surface area (Å²) in [6.07, 6.45) is 0. The van der Waals surface area contributed by atoms with Gasteiger partial charge in [-0.3, -0.25) is 0 Å². The molecule has 3 aromatic heterocycles. The van der Waals surface area contributed by atoms with E-state index in [1.807, 2.05) is 29.6 Å². The van der Waals surface area contributed by atoms with E-state index in [9.17, 15) is 0 Å². The molecule has 3 heterocycles. The highest BCUT2D eigenvalue weighted by molar-refractivity contribution is 9.10. The summed E-state index contributed by atoms with van der Waals surface area (Å²) in [5.41, 5.74) is 1.20. The molecule has 0 spiro atoms. The molecule has 132 valence electrons. The van der Waals surface area contributed by atoms with Crippen molar-refractivity contribution in [2.45, 2.75) is 16.6 Å². The van der Waals surface area contributed by atoms with E-state index in [4.69, 9.17) is 4.52 Å². The first-order chi connectivity index (χ1) is 12.8. The van der Waals surface area contributed by atoms with Crippen molar-refractivity contribution >= 4 is 55.5 Å². The van der Waals surface area contributed by atoms with Crippen LogP contribution in [-0.4, -0.2) is 20.3 Å². The lowest BCUT2D eigenvalue weighted by atomic mass is 10.2. The molecule has 0 saturated heterocycles. The van der Waals surface area contributed by atoms with Gasteiger partial charge in [-0.25, -0.2) is 0 Å². The van der Waals surface area contributed by atoms with Crippen LogP contribution in [0.4, 0.5) is 5.13 Å². The highest BCUT2D eigenvalue weighted by atomic mass is 79.9. The molecule has 6 nitrogen and oxygen atoms in total. The average molecular weight is 466 g/mol. The van der Waals surface area contributed by atoms with Gasteiger partial charge in [0.25, 0.3) is 0 Å². The molecule has 1 aromatic carbocycles. The van der Waals surface area contributed by atoms with Crippen LogP contribution in [0.1, 0.15) is 11.5 Å². The van der Waals surface area contributed by atoms with Crippen LogP contribution < -0.4 is 5.32 Å². The molecule has 26 heavy (non-hydrogen) atoms. The Kier molecular flexibility index (Phi) is 5.63. The smallest absolute Gasteiger partial charge is 0.237 e. The van der Waals surface area contributed by atoms with Crippen molar-refractivity contribution in [2.75, 3.05) is 5.32 Å². The lowest BCUT2D eigenvalue weighted by Gasteiger charge is -2.00. The fourth-order valence-corrected chi connectivity index (χ4v) is 5.02. The van der Waals surface area contributed by atoms with E-state index in [-0.39, 0.29) is 0 Å². The lowest BCUT2D eigenvalue weighted by Crippen LogP contribution is -1.98. The maximum Gasteiger partial charge on any atom is 0.237 e. The fourth-order valence-electron chi connectivity index (χ4n) is 2.08. The van der Waals surface area contributed by atoms with Crippen LogP contribution in [0.3, 0.4) is 0 Å². The molecule has 0 atom stereocenters. The highest BCUT2D eigenvalue weighted by Crippen LogP contribution is 2.30. The molecule has 0 aliphatic heterocycles. The summed E-state index contributed by atoms with van der Waals surface area (Å²) >= 11 is 8.04. The van der Waals surface area contributed by atoms with Gasteiger partial charge >= 0.3 is 0 Å². The molecule has 0 radical (unpaired) electrons. The number of hydrogen-bond donors (Lipinski definition) is 1. The van der Waals surface area contributed by atoms with Crippen molar-refractivity contribution in [3.05, 3.63) is 57.7 Å². The van der Waals surface area contributed by atoms with Crippen LogP contribution in [0.2, 0.25) is 0 Å². The van der Waals surface area contributed by atoms with Crippen molar-refractivity contribution in [3.63, 3.8) is 0 Å². The Hall–Kier alpha value is -1.75. The zero-order chi connectivity index (χ0) is 17.8. The molecule has 4 rings (SSSR count). The van der Waals surface area contributed by atoms with Crippen LogP contribution in [0.25, 0.3) is 10.7 Å². The predicted molar refractivity (Wildman–Crippen MR) is 109 cm³/mol. The molecule has 0 amide bonds. The van der Waals surface area contributed by atoms with Crippen LogP contribution in [-0.2, 0) is 12.3 Å². The van der Waals surface area contributed by atoms with Crippen LogP contribution in [0.5, 0.6) is 0 Å². The molecule has 1 N–H and O–H groups in total. The first-order valence-electron chi connectivity index (χ1n) is 7.57. The highest BCUT2D eigenvalue weighted by Gasteiger charge is 2.12. The lowest BCUT2D eigenvalue weighted by molar-refractivity contribution is 0.392. The minimum Gasteiger partial charge on any atom is -0.356 e. The summed E-state index contributed by atoms with van der Waals surface area (Å²) in [7, 11) is 0. The first-order valence-corrected chi connectivity index (χ1v) is 11.0. The van der Waals surface area contributed by atoms with Gasteiger partial charge < -0.3 is 9.84 Å². The van der Waals surface area contributed by atoms with E-state index >= 15 is 0 Å². The number of anilines is 1. The Bertz CT molecular complexity index is 985. The number of thiophene rings is 1. The summed E-state index contributed by atoms with van der Waals surface area (Å²) in [4.78, 5) is 5.40. The molecular formula is C16H12BrN5OS3. The molecular weight excluding hydrogens is 454 g/mol. The largest absolute Gasteiger partial charge is 0.356 e. The standard InChI is InChI=1S/C16H12BrN5OS3/c17-11-6-12(24-8-11)14-19-13(23-22-14)9-25-16-21-20-15(26-16)18-7-10-4-2-1-3-5-10/h1-6,8H,7,9H2,(H,18,20). The van der Waals surface area contributed by atoms with Crippen molar-refractivity contribution in [3.8, 4) is 10.7 Å². The van der Waals surface area contributed by atoms with Gasteiger partial charge in [-0.05, 0) is 27.6 Å². The Morgan fingerprint density at radius 2 is 2.08 bits per heavy atom. The Morgan fingerprint density at radius 3 is 2.88 bits per heavy atom. The van der Waals surface area contributed by atoms with Crippen molar-refractivity contribution in [1.82, 2.24) is 20.3 Å². The number of benzene rings is 1. The fraction of sp³-hybridized carbons (Fsp3) is 0.125. The maximum absolute atomic E-state index is 5.31. The number of aromatic nitrogens is 4. The van der Waals surface area contributed by atoms with Crippen molar-refractivity contribution in [1.29, 1.82) is 0 Å². The minimum atomic E-state index is 0.562. The van der Waals surface area contributed by atoms with Crippen LogP contribution in [0.15, 0.2) is 55.1 Å². The monoisotopic (exact) mass is 465 g/mol. The molecule has 0 bridgehead atoms. The first kappa shape index (κ1) is 17.7. The van der Waals surface area contributed by atoms with Gasteiger partial charge in [-0.2, -0.15) is 4.98 Å². The third-order valence-corrected chi connectivity index (χ3v) is 6.95. The Morgan fingerprint density at radius 1 is 1.19 bits per heavy atom. The van der Waals surface area contributed by atoms with Crippen LogP contribution in [0, 0.1) is 0 Å². The molecule has 0 aliphatic rings. The molecule has 0 saturated carbocycles. The summed E-state index contributed by atoms with van der Waals surface area (Å²) in [5, 5.41) is 18.5. The SMILES string of the molecule is Brc1csc(-c2noc(CSc3nnc(NCc4ccccc4)s3)n2)c1. The number of thioether (sulfide) groups is 1. The normalized spacial score (nSPS) is 11.0. The zero-order valence-corrected chi connectivity index (χ0v) is 17.3. The van der Waals surface area contributed by atoms with E-state index in [1.165, 1.54) is 28.7 Å². The molecule has 10 heteroatoms. The maximum atomic E-state index is 5.31. The molecule has 4 aromatic rings. The third-order valence-electron chi connectivity index (χ3n) is 3.27. The second-order valence-corrected chi connectivity index (χ2v) is 9.17. The van der Waals surface area contributed by atoms with E-state index in [2.05, 4.69) is 53.7 Å². The van der Waals surface area contributed by atoms with Gasteiger partial charge in [-0.1, -0.05) is 58.6 Å². The molecule has 0 fully saturated rings. The van der Waals surface area contributed by atoms with E-state index in [0.29, 0.717) is 17.5 Å². The summed E-state index contributed by atoms with van der Waals surface area (Å²) < 4.78 is 7.19. The number of hydrogen-bond acceptors (Lipinski definition) is 9. The zero-order valence-electron chi connectivity index (χ0n) is 13.3. The van der Waals surface area contributed by atoms with Gasteiger partial charge in [0.05, 0.1) is 10.6 Å². The van der Waals surface area contributed by atoms with Crippen LogP contribution >= 0.6 is 50.4 Å². The number of rotatable bonds is 7. The number of nitrogens with one attached hydrogen (secondary N) is 1. The topological polar surface area (TPSA) is 76.7 Å². The predicted octanol–water partition coefficient (Wildman–Crippen LogP) is 5.32. The van der Waals surface area contributed by atoms with E-state index in [0.717, 1.165) is 25.4 Å². The van der Waals surface area contributed by atoms with Gasteiger partial charge in [-0.15, -0.1) is 21.5 Å². The van der Waals surface area contributed by atoms with E-state index < -0.39 is 0 Å². The Labute approximate surface area is 170 Å². The third kappa shape index (κ3) is 4.50. The van der Waals surface area contributed by atoms with Gasteiger partial charge in [0.15, 0.2) is 4.34 Å². The average Bonchev–Trinajstić information content (AvgIpc) is 3.40. The number of halogens is 1. The van der Waals surface area contributed by atoms with Gasteiger partial charge in [0, 0.05) is 16.4 Å². The Balaban J connectivity index is 1.31. The second kappa shape index (κ2) is 8.30. The molecule has 0 unspecified atom stereocenters. The molecule has 0 aliphatic carbocycles. The van der Waals surface area contributed by atoms with Gasteiger partial charge in [0.1, 0.15) is 0 Å². The number of nitrogens with zero attached hydrogens (tertiary/aromatic N) is 4. The quantitative estimate of drug-likeness (QED) is 0.370. The van der Waals surface area contributed by atoms with Gasteiger partial charge in [0.2, 0.25) is 16.8 Å². The summed E-state index contributed by atoms with van der Waals surface area (Å²) in [5.74, 6) is 1.75. The van der Waals surface area contributed by atoms with Crippen molar-refractivity contribution < 1.29 is 4.52 Å². The minimum absolute atomic E-state index is 0.562. The van der Waals surface area contributed by atoms with Crippen molar-refractivity contribution in [2.24, 2.45) is 0 Å². The van der Waals surface area contributed by atoms with E-state index in [1.54, 1.807) is 11.3 Å². The summed E-state index contributed by atoms with van der Waals surface area (Å²) in [6.45, 7) is 0.726.